The number of likely N-dealkylation sites (N-methyl/N-ethyl adjacent to an activating group) is 1. The number of aryl methyl sites for hydroxylation is 1. The number of benzene rings is 1. The second-order valence-electron chi connectivity index (χ2n) is 4.59. The third-order valence-corrected chi connectivity index (χ3v) is 3.00. The van der Waals surface area contributed by atoms with E-state index in [1.165, 1.54) is 4.90 Å². The molecule has 19 heavy (non-hydrogen) atoms. The number of hydrogen-bond acceptors (Lipinski definition) is 3. The number of rotatable bonds is 5. The maximum atomic E-state index is 11.8. The molecule has 1 aromatic rings. The highest BCUT2D eigenvalue weighted by Gasteiger charge is 2.15. The molecule has 0 spiro atoms. The number of carbonyl (C=O) groups excluding carboxylic acids is 2. The number of aliphatic hydroxyl groups excluding tert-OH is 1. The lowest BCUT2D eigenvalue weighted by Crippen LogP contribution is -2.43. The molecule has 0 aromatic heterocycles. The smallest absolute Gasteiger partial charge is 0.251 e. The van der Waals surface area contributed by atoms with Gasteiger partial charge in [-0.25, -0.2) is 0 Å². The maximum absolute atomic E-state index is 11.8. The molecule has 104 valence electrons. The van der Waals surface area contributed by atoms with Crippen molar-refractivity contribution < 1.29 is 14.7 Å². The van der Waals surface area contributed by atoms with Crippen LogP contribution in [-0.4, -0.2) is 48.1 Å². The largest absolute Gasteiger partial charge is 0.394 e. The van der Waals surface area contributed by atoms with Gasteiger partial charge in [-0.3, -0.25) is 9.59 Å². The molecule has 0 saturated heterocycles. The molecule has 1 aromatic carbocycles. The molecule has 0 bridgehead atoms. The molecule has 1 atom stereocenters. The predicted octanol–water partition coefficient (Wildman–Crippen LogP) is 0.564. The summed E-state index contributed by atoms with van der Waals surface area (Å²) in [6.45, 7) is 3.46. The van der Waals surface area contributed by atoms with Crippen LogP contribution < -0.4 is 5.32 Å². The Kier molecular flexibility index (Phi) is 5.51. The van der Waals surface area contributed by atoms with Crippen LogP contribution >= 0.6 is 0 Å². The molecule has 0 fully saturated rings. The van der Waals surface area contributed by atoms with Gasteiger partial charge < -0.3 is 15.3 Å². The Morgan fingerprint density at radius 2 is 2.11 bits per heavy atom. The SMILES string of the molecule is Cc1cccc(C(=O)NCC(=O)N(C)C(C)CO)c1. The topological polar surface area (TPSA) is 69.6 Å². The van der Waals surface area contributed by atoms with Crippen LogP contribution in [-0.2, 0) is 4.79 Å². The van der Waals surface area contributed by atoms with Crippen molar-refractivity contribution in [1.29, 1.82) is 0 Å². The second-order valence-corrected chi connectivity index (χ2v) is 4.59. The fourth-order valence-electron chi connectivity index (χ4n) is 1.54. The average Bonchev–Trinajstić information content (AvgIpc) is 2.42. The van der Waals surface area contributed by atoms with Gasteiger partial charge in [0.15, 0.2) is 0 Å². The highest BCUT2D eigenvalue weighted by atomic mass is 16.3. The normalized spacial score (nSPS) is 11.8. The molecule has 0 saturated carbocycles. The number of nitrogens with zero attached hydrogens (tertiary/aromatic N) is 1. The van der Waals surface area contributed by atoms with Crippen molar-refractivity contribution in [3.63, 3.8) is 0 Å². The number of amides is 2. The minimum atomic E-state index is -0.276. The lowest BCUT2D eigenvalue weighted by Gasteiger charge is -2.23. The van der Waals surface area contributed by atoms with Crippen molar-refractivity contribution >= 4 is 11.8 Å². The van der Waals surface area contributed by atoms with Gasteiger partial charge in [0.2, 0.25) is 5.91 Å². The van der Waals surface area contributed by atoms with Gasteiger partial charge in [-0.05, 0) is 26.0 Å². The van der Waals surface area contributed by atoms with Crippen molar-refractivity contribution in [2.24, 2.45) is 0 Å². The van der Waals surface area contributed by atoms with Gasteiger partial charge in [0.1, 0.15) is 0 Å². The Morgan fingerprint density at radius 3 is 2.68 bits per heavy atom. The summed E-state index contributed by atoms with van der Waals surface area (Å²) < 4.78 is 0. The minimum absolute atomic E-state index is 0.0758. The highest BCUT2D eigenvalue weighted by Crippen LogP contribution is 2.03. The zero-order chi connectivity index (χ0) is 14.4. The second kappa shape index (κ2) is 6.89. The van der Waals surface area contributed by atoms with Gasteiger partial charge >= 0.3 is 0 Å². The van der Waals surface area contributed by atoms with Gasteiger partial charge in [-0.15, -0.1) is 0 Å². The van der Waals surface area contributed by atoms with E-state index in [0.29, 0.717) is 5.56 Å². The first-order valence-corrected chi connectivity index (χ1v) is 6.17. The van der Waals surface area contributed by atoms with E-state index < -0.39 is 0 Å². The van der Waals surface area contributed by atoms with E-state index in [1.54, 1.807) is 32.2 Å². The fourth-order valence-corrected chi connectivity index (χ4v) is 1.54. The zero-order valence-electron chi connectivity index (χ0n) is 11.5. The van der Waals surface area contributed by atoms with Crippen LogP contribution in [0.3, 0.4) is 0 Å². The van der Waals surface area contributed by atoms with E-state index in [-0.39, 0.29) is 31.0 Å². The molecule has 1 unspecified atom stereocenters. The summed E-state index contributed by atoms with van der Waals surface area (Å²) in [5.41, 5.74) is 1.52. The standard InChI is InChI=1S/C14H20N2O3/c1-10-5-4-6-12(7-10)14(19)15-8-13(18)16(3)11(2)9-17/h4-7,11,17H,8-9H2,1-3H3,(H,15,19). The summed E-state index contributed by atoms with van der Waals surface area (Å²) in [4.78, 5) is 25.0. The van der Waals surface area contributed by atoms with Crippen LogP contribution in [0, 0.1) is 6.92 Å². The third-order valence-electron chi connectivity index (χ3n) is 3.00. The van der Waals surface area contributed by atoms with Crippen molar-refractivity contribution in [2.75, 3.05) is 20.2 Å². The summed E-state index contributed by atoms with van der Waals surface area (Å²) in [5, 5.41) is 11.5. The van der Waals surface area contributed by atoms with Crippen LogP contribution in [0.1, 0.15) is 22.8 Å². The molecule has 5 nitrogen and oxygen atoms in total. The fraction of sp³-hybridized carbons (Fsp3) is 0.429. The molecule has 0 radical (unpaired) electrons. The van der Waals surface area contributed by atoms with Gasteiger partial charge in [0.05, 0.1) is 19.2 Å². The Balaban J connectivity index is 2.53. The summed E-state index contributed by atoms with van der Waals surface area (Å²) >= 11 is 0. The van der Waals surface area contributed by atoms with E-state index >= 15 is 0 Å². The van der Waals surface area contributed by atoms with Crippen molar-refractivity contribution in [1.82, 2.24) is 10.2 Å². The van der Waals surface area contributed by atoms with Gasteiger partial charge in [0, 0.05) is 12.6 Å². The average molecular weight is 264 g/mol. The Morgan fingerprint density at radius 1 is 1.42 bits per heavy atom. The molecule has 2 amide bonds. The van der Waals surface area contributed by atoms with Crippen LogP contribution in [0.15, 0.2) is 24.3 Å². The number of hydrogen-bond donors (Lipinski definition) is 2. The monoisotopic (exact) mass is 264 g/mol. The van der Waals surface area contributed by atoms with Crippen LogP contribution in [0.4, 0.5) is 0 Å². The highest BCUT2D eigenvalue weighted by molar-refractivity contribution is 5.96. The summed E-state index contributed by atoms with van der Waals surface area (Å²) in [7, 11) is 1.60. The van der Waals surface area contributed by atoms with Crippen LogP contribution in [0.25, 0.3) is 0 Å². The lowest BCUT2D eigenvalue weighted by atomic mass is 10.1. The van der Waals surface area contributed by atoms with Crippen molar-refractivity contribution in [3.05, 3.63) is 35.4 Å². The van der Waals surface area contributed by atoms with E-state index in [9.17, 15) is 9.59 Å². The number of aliphatic hydroxyl groups is 1. The molecular formula is C14H20N2O3. The van der Waals surface area contributed by atoms with Crippen molar-refractivity contribution in [3.8, 4) is 0 Å². The summed E-state index contributed by atoms with van der Waals surface area (Å²) in [6, 6.07) is 6.90. The summed E-state index contributed by atoms with van der Waals surface area (Å²) in [5.74, 6) is -0.510. The molecule has 0 aliphatic rings. The van der Waals surface area contributed by atoms with E-state index in [1.807, 2.05) is 13.0 Å². The first-order valence-electron chi connectivity index (χ1n) is 6.17. The molecule has 2 N–H and O–H groups in total. The Bertz CT molecular complexity index is 460. The number of nitrogens with one attached hydrogen (secondary N) is 1. The predicted molar refractivity (Wildman–Crippen MR) is 72.8 cm³/mol. The van der Waals surface area contributed by atoms with Crippen molar-refractivity contribution in [2.45, 2.75) is 19.9 Å². The Hall–Kier alpha value is -1.88. The van der Waals surface area contributed by atoms with Gasteiger partial charge in [-0.1, -0.05) is 17.7 Å². The minimum Gasteiger partial charge on any atom is -0.394 e. The van der Waals surface area contributed by atoms with E-state index in [2.05, 4.69) is 5.32 Å². The quantitative estimate of drug-likeness (QED) is 0.816. The summed E-state index contributed by atoms with van der Waals surface area (Å²) in [6.07, 6.45) is 0. The van der Waals surface area contributed by atoms with Gasteiger partial charge in [0.25, 0.3) is 5.91 Å². The molecule has 5 heteroatoms. The molecule has 0 heterocycles. The molecular weight excluding hydrogens is 244 g/mol. The van der Waals surface area contributed by atoms with Crippen LogP contribution in [0.5, 0.6) is 0 Å². The van der Waals surface area contributed by atoms with Gasteiger partial charge in [-0.2, -0.15) is 0 Å². The van der Waals surface area contributed by atoms with E-state index in [0.717, 1.165) is 5.56 Å². The molecule has 0 aliphatic carbocycles. The number of carbonyl (C=O) groups is 2. The van der Waals surface area contributed by atoms with Crippen LogP contribution in [0.2, 0.25) is 0 Å². The Labute approximate surface area is 113 Å². The first-order chi connectivity index (χ1) is 8.95. The van der Waals surface area contributed by atoms with E-state index in [4.69, 9.17) is 5.11 Å². The zero-order valence-corrected chi connectivity index (χ0v) is 11.5. The molecule has 1 rings (SSSR count). The first kappa shape index (κ1) is 15.2. The third kappa shape index (κ3) is 4.37. The lowest BCUT2D eigenvalue weighted by molar-refractivity contribution is -0.131. The maximum Gasteiger partial charge on any atom is 0.251 e. The molecule has 0 aliphatic heterocycles.